The van der Waals surface area contributed by atoms with Gasteiger partial charge in [-0.05, 0) is 47.8 Å². The first kappa shape index (κ1) is 17.7. The first-order valence-corrected chi connectivity index (χ1v) is 9.76. The Bertz CT molecular complexity index is 1120. The van der Waals surface area contributed by atoms with Crippen LogP contribution in [-0.2, 0) is 17.9 Å². The second-order valence-corrected chi connectivity index (χ2v) is 7.42. The monoisotopic (exact) mass is 403 g/mol. The number of rotatable bonds is 6. The van der Waals surface area contributed by atoms with Crippen molar-refractivity contribution in [3.05, 3.63) is 50.3 Å². The van der Waals surface area contributed by atoms with Gasteiger partial charge >= 0.3 is 0 Å². The van der Waals surface area contributed by atoms with Gasteiger partial charge < -0.3 is 19.8 Å². The summed E-state index contributed by atoms with van der Waals surface area (Å²) in [7, 11) is 0. The second-order valence-electron chi connectivity index (χ2n) is 6.12. The second kappa shape index (κ2) is 7.53. The van der Waals surface area contributed by atoms with Gasteiger partial charge in [-0.1, -0.05) is 6.07 Å². The molecule has 27 heavy (non-hydrogen) atoms. The average Bonchev–Trinajstić information content (AvgIpc) is 3.31. The third-order valence-electron chi connectivity index (χ3n) is 4.30. The topological polar surface area (TPSA) is 85.4 Å². The average molecular weight is 403 g/mol. The minimum atomic E-state index is -0.107. The van der Waals surface area contributed by atoms with Crippen LogP contribution < -0.4 is 20.3 Å². The number of nitrogens with zero attached hydrogens (tertiary/aromatic N) is 1. The number of ether oxygens (including phenoxy) is 2. The molecule has 4 rings (SSSR count). The quantitative estimate of drug-likeness (QED) is 0.618. The maximum absolute atomic E-state index is 12.5. The van der Waals surface area contributed by atoms with Crippen molar-refractivity contribution in [2.75, 3.05) is 6.79 Å². The van der Waals surface area contributed by atoms with E-state index in [1.165, 1.54) is 15.9 Å². The van der Waals surface area contributed by atoms with Crippen molar-refractivity contribution in [3.8, 4) is 11.5 Å². The highest BCUT2D eigenvalue weighted by atomic mass is 32.1. The number of hydrogen-bond acceptors (Lipinski definition) is 6. The Morgan fingerprint density at radius 2 is 2.15 bits per heavy atom. The Morgan fingerprint density at radius 3 is 3.04 bits per heavy atom. The fourth-order valence-corrected chi connectivity index (χ4v) is 3.99. The molecule has 2 aromatic heterocycles. The van der Waals surface area contributed by atoms with Gasteiger partial charge in [0.1, 0.15) is 4.70 Å². The van der Waals surface area contributed by atoms with Gasteiger partial charge in [0.05, 0.1) is 5.52 Å². The number of carbonyl (C=O) groups is 1. The lowest BCUT2D eigenvalue weighted by Crippen LogP contribution is -2.25. The molecule has 0 aliphatic carbocycles. The third-order valence-corrected chi connectivity index (χ3v) is 5.53. The van der Waals surface area contributed by atoms with Crippen molar-refractivity contribution in [3.63, 3.8) is 0 Å². The van der Waals surface area contributed by atoms with Gasteiger partial charge in [-0.25, -0.2) is 0 Å². The Hall–Kier alpha value is -2.65. The van der Waals surface area contributed by atoms with Crippen LogP contribution in [0.5, 0.6) is 11.5 Å². The minimum Gasteiger partial charge on any atom is -0.454 e. The highest BCUT2D eigenvalue weighted by molar-refractivity contribution is 7.71. The van der Waals surface area contributed by atoms with Crippen LogP contribution in [0, 0.1) is 4.77 Å². The summed E-state index contributed by atoms with van der Waals surface area (Å²) in [4.78, 5) is 27.6. The minimum absolute atomic E-state index is 0.0761. The highest BCUT2D eigenvalue weighted by Gasteiger charge is 2.13. The molecular weight excluding hydrogens is 386 g/mol. The van der Waals surface area contributed by atoms with E-state index in [2.05, 4.69) is 10.3 Å². The predicted octanol–water partition coefficient (Wildman–Crippen LogP) is 2.95. The van der Waals surface area contributed by atoms with E-state index in [0.29, 0.717) is 41.2 Å². The van der Waals surface area contributed by atoms with Crippen molar-refractivity contribution < 1.29 is 14.3 Å². The summed E-state index contributed by atoms with van der Waals surface area (Å²) in [5.74, 6) is 1.34. The van der Waals surface area contributed by atoms with Crippen LogP contribution in [0.25, 0.3) is 10.2 Å². The molecule has 0 saturated carbocycles. The van der Waals surface area contributed by atoms with Crippen molar-refractivity contribution in [1.82, 2.24) is 14.9 Å². The fourth-order valence-electron chi connectivity index (χ4n) is 2.91. The zero-order valence-corrected chi connectivity index (χ0v) is 16.0. The summed E-state index contributed by atoms with van der Waals surface area (Å²) < 4.78 is 13.1. The Kier molecular flexibility index (Phi) is 4.95. The maximum atomic E-state index is 12.5. The number of amides is 1. The summed E-state index contributed by atoms with van der Waals surface area (Å²) in [6.45, 7) is 1.04. The molecule has 0 fully saturated rings. The molecule has 1 aliphatic heterocycles. The van der Waals surface area contributed by atoms with Crippen LogP contribution in [0.3, 0.4) is 0 Å². The number of carbonyl (C=O) groups excluding carboxylic acids is 1. The summed E-state index contributed by atoms with van der Waals surface area (Å²) in [6, 6.07) is 7.42. The van der Waals surface area contributed by atoms with Gasteiger partial charge in [-0.2, -0.15) is 0 Å². The molecular formula is C18H17N3O4S2. The fraction of sp³-hybridized carbons (Fsp3) is 0.278. The molecule has 140 valence electrons. The Balaban J connectivity index is 1.31. The number of benzene rings is 1. The van der Waals surface area contributed by atoms with E-state index >= 15 is 0 Å². The number of H-pyrrole nitrogens is 1. The van der Waals surface area contributed by atoms with E-state index < -0.39 is 0 Å². The lowest BCUT2D eigenvalue weighted by Gasteiger charge is -2.08. The number of nitrogens with one attached hydrogen (secondary N) is 2. The number of aromatic amines is 1. The first-order chi connectivity index (χ1) is 13.1. The number of aromatic nitrogens is 2. The highest BCUT2D eigenvalue weighted by Crippen LogP contribution is 2.32. The van der Waals surface area contributed by atoms with E-state index in [1.54, 1.807) is 0 Å². The van der Waals surface area contributed by atoms with E-state index in [9.17, 15) is 9.59 Å². The zero-order chi connectivity index (χ0) is 18.8. The molecule has 1 aromatic carbocycles. The molecule has 7 nitrogen and oxygen atoms in total. The predicted molar refractivity (Wildman–Crippen MR) is 105 cm³/mol. The molecule has 3 heterocycles. The van der Waals surface area contributed by atoms with Crippen LogP contribution in [-0.4, -0.2) is 22.3 Å². The van der Waals surface area contributed by atoms with Crippen molar-refractivity contribution in [1.29, 1.82) is 0 Å². The maximum Gasteiger partial charge on any atom is 0.272 e. The van der Waals surface area contributed by atoms with Crippen LogP contribution in [0.4, 0.5) is 0 Å². The summed E-state index contributed by atoms with van der Waals surface area (Å²) >= 11 is 6.64. The van der Waals surface area contributed by atoms with Crippen molar-refractivity contribution in [2.24, 2.45) is 0 Å². The van der Waals surface area contributed by atoms with E-state index in [0.717, 1.165) is 16.8 Å². The molecule has 0 spiro atoms. The van der Waals surface area contributed by atoms with Crippen molar-refractivity contribution >= 4 is 39.7 Å². The normalized spacial score (nSPS) is 12.4. The van der Waals surface area contributed by atoms with Crippen molar-refractivity contribution in [2.45, 2.75) is 25.9 Å². The van der Waals surface area contributed by atoms with Gasteiger partial charge in [-0.3, -0.25) is 14.2 Å². The molecule has 2 N–H and O–H groups in total. The van der Waals surface area contributed by atoms with Gasteiger partial charge in [-0.15, -0.1) is 11.3 Å². The van der Waals surface area contributed by atoms with E-state index in [-0.39, 0.29) is 18.3 Å². The molecule has 0 unspecified atom stereocenters. The van der Waals surface area contributed by atoms with Crippen LogP contribution in [0.1, 0.15) is 18.4 Å². The van der Waals surface area contributed by atoms with Crippen LogP contribution in [0.2, 0.25) is 0 Å². The molecule has 0 radical (unpaired) electrons. The Labute approximate surface area is 163 Å². The van der Waals surface area contributed by atoms with E-state index in [4.69, 9.17) is 21.7 Å². The molecule has 9 heteroatoms. The number of thiophene rings is 1. The first-order valence-electron chi connectivity index (χ1n) is 8.47. The van der Waals surface area contributed by atoms with Gasteiger partial charge in [0, 0.05) is 19.5 Å². The van der Waals surface area contributed by atoms with Gasteiger partial charge in [0.25, 0.3) is 5.56 Å². The SMILES string of the molecule is O=C(CCCn1c(=S)[nH]c2ccsc2c1=O)NCc1ccc2c(c1)OCO2. The standard InChI is InChI=1S/C18H17N3O4S2/c22-15(19-9-11-3-4-13-14(8-11)25-10-24-13)2-1-6-21-17(23)16-12(5-7-27-16)20-18(21)26/h3-5,7-8H,1-2,6,9-10H2,(H,19,22)(H,20,26). The molecule has 0 saturated heterocycles. The Morgan fingerprint density at radius 1 is 1.30 bits per heavy atom. The molecule has 0 atom stereocenters. The lowest BCUT2D eigenvalue weighted by atomic mass is 10.2. The lowest BCUT2D eigenvalue weighted by molar-refractivity contribution is -0.121. The zero-order valence-electron chi connectivity index (χ0n) is 14.3. The number of fused-ring (bicyclic) bond motifs is 2. The van der Waals surface area contributed by atoms with Crippen LogP contribution in [0.15, 0.2) is 34.4 Å². The molecule has 0 bridgehead atoms. The third kappa shape index (κ3) is 3.74. The molecule has 3 aromatic rings. The van der Waals surface area contributed by atoms with Crippen LogP contribution >= 0.6 is 23.6 Å². The summed E-state index contributed by atoms with van der Waals surface area (Å²) in [5, 5.41) is 4.73. The van der Waals surface area contributed by atoms with Gasteiger partial charge in [0.15, 0.2) is 16.3 Å². The number of hydrogen-bond donors (Lipinski definition) is 2. The molecule has 1 amide bonds. The molecule has 1 aliphatic rings. The summed E-state index contributed by atoms with van der Waals surface area (Å²) in [5.41, 5.74) is 1.59. The smallest absolute Gasteiger partial charge is 0.272 e. The van der Waals surface area contributed by atoms with Gasteiger partial charge in [0.2, 0.25) is 12.7 Å². The largest absolute Gasteiger partial charge is 0.454 e. The van der Waals surface area contributed by atoms with E-state index in [1.807, 2.05) is 29.6 Å². The summed E-state index contributed by atoms with van der Waals surface area (Å²) in [6.07, 6.45) is 0.843.